The Labute approximate surface area is 103 Å². The number of aromatic carboxylic acids is 1. The summed E-state index contributed by atoms with van der Waals surface area (Å²) in [4.78, 5) is 10.8. The molecule has 94 valence electrons. The summed E-state index contributed by atoms with van der Waals surface area (Å²) in [6.07, 6.45) is 1.26. The third-order valence-electron chi connectivity index (χ3n) is 2.35. The molecule has 0 unspecified atom stereocenters. The first-order valence-electron chi connectivity index (χ1n) is 4.83. The van der Waals surface area contributed by atoms with Crippen molar-refractivity contribution in [2.24, 2.45) is 5.14 Å². The van der Waals surface area contributed by atoms with Crippen molar-refractivity contribution in [1.29, 1.82) is 0 Å². The maximum absolute atomic E-state index is 11.1. The van der Waals surface area contributed by atoms with Crippen molar-refractivity contribution in [3.63, 3.8) is 0 Å². The molecule has 0 amide bonds. The van der Waals surface area contributed by atoms with Gasteiger partial charge in [0.25, 0.3) is 0 Å². The van der Waals surface area contributed by atoms with Gasteiger partial charge in [0.05, 0.1) is 11.2 Å². The Hall–Kier alpha value is -2.12. The maximum atomic E-state index is 11.1. The largest absolute Gasteiger partial charge is 0.475 e. The van der Waals surface area contributed by atoms with E-state index in [-0.39, 0.29) is 10.7 Å². The zero-order chi connectivity index (χ0) is 13.3. The lowest BCUT2D eigenvalue weighted by atomic mass is 10.1. The summed E-state index contributed by atoms with van der Waals surface area (Å²) in [7, 11) is -3.75. The Morgan fingerprint density at radius 2 is 1.78 bits per heavy atom. The fraction of sp³-hybridized carbons (Fsp3) is 0. The molecular weight excluding hydrogens is 258 g/mol. The molecule has 0 fully saturated rings. The van der Waals surface area contributed by atoms with Gasteiger partial charge in [0.2, 0.25) is 15.8 Å². The lowest BCUT2D eigenvalue weighted by molar-refractivity contribution is 0.0663. The van der Waals surface area contributed by atoms with Gasteiger partial charge in [-0.3, -0.25) is 0 Å². The molecular formula is C11H9NO5S. The number of benzene rings is 1. The molecule has 0 saturated heterocycles. The van der Waals surface area contributed by atoms with Gasteiger partial charge in [0, 0.05) is 5.56 Å². The summed E-state index contributed by atoms with van der Waals surface area (Å²) in [5.74, 6) is -1.39. The molecule has 0 atom stereocenters. The van der Waals surface area contributed by atoms with Gasteiger partial charge < -0.3 is 9.52 Å². The fourth-order valence-corrected chi connectivity index (χ4v) is 2.04. The van der Waals surface area contributed by atoms with E-state index in [2.05, 4.69) is 0 Å². The minimum atomic E-state index is -3.75. The molecule has 0 aliphatic carbocycles. The maximum Gasteiger partial charge on any atom is 0.372 e. The first-order chi connectivity index (χ1) is 8.39. The van der Waals surface area contributed by atoms with Crippen LogP contribution in [0.15, 0.2) is 45.9 Å². The topological polar surface area (TPSA) is 111 Å². The minimum absolute atomic E-state index is 0.0355. The van der Waals surface area contributed by atoms with Crippen LogP contribution in [-0.4, -0.2) is 19.5 Å². The van der Waals surface area contributed by atoms with Gasteiger partial charge in [-0.2, -0.15) is 0 Å². The second-order valence-corrected chi connectivity index (χ2v) is 5.10. The predicted octanol–water partition coefficient (Wildman–Crippen LogP) is 1.29. The van der Waals surface area contributed by atoms with Crippen LogP contribution in [0, 0.1) is 0 Å². The Morgan fingerprint density at radius 1 is 1.17 bits per heavy atom. The van der Waals surface area contributed by atoms with E-state index in [1.165, 1.54) is 36.6 Å². The molecule has 1 aromatic carbocycles. The lowest BCUT2D eigenvalue weighted by Gasteiger charge is -2.01. The number of furan rings is 1. The molecule has 18 heavy (non-hydrogen) atoms. The lowest BCUT2D eigenvalue weighted by Crippen LogP contribution is -2.11. The second-order valence-electron chi connectivity index (χ2n) is 3.54. The van der Waals surface area contributed by atoms with E-state index in [1.54, 1.807) is 0 Å². The summed E-state index contributed by atoms with van der Waals surface area (Å²) in [5.41, 5.74) is 0.914. The van der Waals surface area contributed by atoms with E-state index in [1.807, 2.05) is 0 Å². The number of carboxylic acid groups (broad SMARTS) is 1. The summed E-state index contributed by atoms with van der Waals surface area (Å²) >= 11 is 0. The summed E-state index contributed by atoms with van der Waals surface area (Å²) in [5, 5.41) is 13.9. The first kappa shape index (κ1) is 12.3. The van der Waals surface area contributed by atoms with Crippen LogP contribution in [0.2, 0.25) is 0 Å². The molecule has 1 aromatic heterocycles. The van der Waals surface area contributed by atoms with Crippen LogP contribution < -0.4 is 5.14 Å². The summed E-state index contributed by atoms with van der Waals surface area (Å²) in [6, 6.07) is 7.05. The Kier molecular flexibility index (Phi) is 2.93. The molecule has 7 heteroatoms. The van der Waals surface area contributed by atoms with Crippen LogP contribution in [0.4, 0.5) is 0 Å². The van der Waals surface area contributed by atoms with Crippen LogP contribution >= 0.6 is 0 Å². The smallest absolute Gasteiger partial charge is 0.372 e. The standard InChI is InChI=1S/C11H9NO5S/c12-18(15,16)8-3-1-7(2-4-8)9-5-6-17-10(9)11(13)14/h1-6H,(H,13,14)(H2,12,15,16). The van der Waals surface area contributed by atoms with Crippen LogP contribution in [0.3, 0.4) is 0 Å². The molecule has 0 bridgehead atoms. The molecule has 0 radical (unpaired) electrons. The molecule has 2 aromatic rings. The highest BCUT2D eigenvalue weighted by Crippen LogP contribution is 2.25. The number of rotatable bonds is 3. The van der Waals surface area contributed by atoms with Crippen molar-refractivity contribution in [1.82, 2.24) is 0 Å². The minimum Gasteiger partial charge on any atom is -0.475 e. The third kappa shape index (κ3) is 2.27. The molecule has 3 N–H and O–H groups in total. The Balaban J connectivity index is 2.47. The van der Waals surface area contributed by atoms with Gasteiger partial charge in [-0.25, -0.2) is 18.4 Å². The average molecular weight is 267 g/mol. The number of primary sulfonamides is 1. The van der Waals surface area contributed by atoms with Crippen molar-refractivity contribution in [2.75, 3.05) is 0 Å². The molecule has 0 aliphatic heterocycles. The number of carbonyl (C=O) groups is 1. The van der Waals surface area contributed by atoms with Crippen LogP contribution in [0.25, 0.3) is 11.1 Å². The molecule has 0 aliphatic rings. The summed E-state index contributed by atoms with van der Waals surface area (Å²) < 4.78 is 27.0. The van der Waals surface area contributed by atoms with Gasteiger partial charge in [0.15, 0.2) is 0 Å². The number of carboxylic acids is 1. The van der Waals surface area contributed by atoms with E-state index in [0.717, 1.165) is 0 Å². The normalized spacial score (nSPS) is 11.4. The number of hydrogen-bond donors (Lipinski definition) is 2. The van der Waals surface area contributed by atoms with Crippen molar-refractivity contribution >= 4 is 16.0 Å². The molecule has 2 rings (SSSR count). The molecule has 0 saturated carbocycles. The molecule has 6 nitrogen and oxygen atoms in total. The predicted molar refractivity (Wildman–Crippen MR) is 62.5 cm³/mol. The monoisotopic (exact) mass is 267 g/mol. The van der Waals surface area contributed by atoms with E-state index >= 15 is 0 Å². The zero-order valence-corrected chi connectivity index (χ0v) is 9.85. The second kappa shape index (κ2) is 4.28. The van der Waals surface area contributed by atoms with Crippen LogP contribution in [0.1, 0.15) is 10.6 Å². The Bertz CT molecular complexity index is 684. The van der Waals surface area contributed by atoms with Crippen molar-refractivity contribution in [3.8, 4) is 11.1 Å². The highest BCUT2D eigenvalue weighted by molar-refractivity contribution is 7.89. The fourth-order valence-electron chi connectivity index (χ4n) is 1.53. The average Bonchev–Trinajstić information content (AvgIpc) is 2.77. The SMILES string of the molecule is NS(=O)(=O)c1ccc(-c2ccoc2C(=O)O)cc1. The van der Waals surface area contributed by atoms with Gasteiger partial charge >= 0.3 is 5.97 Å². The molecule has 1 heterocycles. The van der Waals surface area contributed by atoms with Gasteiger partial charge in [0.1, 0.15) is 0 Å². The van der Waals surface area contributed by atoms with E-state index in [4.69, 9.17) is 14.7 Å². The van der Waals surface area contributed by atoms with Crippen LogP contribution in [-0.2, 0) is 10.0 Å². The summed E-state index contributed by atoms with van der Waals surface area (Å²) in [6.45, 7) is 0. The van der Waals surface area contributed by atoms with Gasteiger partial charge in [-0.1, -0.05) is 12.1 Å². The molecule has 0 spiro atoms. The van der Waals surface area contributed by atoms with E-state index in [0.29, 0.717) is 11.1 Å². The zero-order valence-electron chi connectivity index (χ0n) is 9.03. The first-order valence-corrected chi connectivity index (χ1v) is 6.38. The highest BCUT2D eigenvalue weighted by Gasteiger charge is 2.16. The van der Waals surface area contributed by atoms with Crippen molar-refractivity contribution < 1.29 is 22.7 Å². The van der Waals surface area contributed by atoms with Gasteiger partial charge in [-0.15, -0.1) is 0 Å². The number of sulfonamides is 1. The van der Waals surface area contributed by atoms with Crippen molar-refractivity contribution in [2.45, 2.75) is 4.90 Å². The van der Waals surface area contributed by atoms with Crippen molar-refractivity contribution in [3.05, 3.63) is 42.4 Å². The quantitative estimate of drug-likeness (QED) is 0.870. The number of nitrogens with two attached hydrogens (primary N) is 1. The van der Waals surface area contributed by atoms with E-state index < -0.39 is 16.0 Å². The van der Waals surface area contributed by atoms with Gasteiger partial charge in [-0.05, 0) is 23.8 Å². The van der Waals surface area contributed by atoms with Crippen LogP contribution in [0.5, 0.6) is 0 Å². The number of hydrogen-bond acceptors (Lipinski definition) is 4. The Morgan fingerprint density at radius 3 is 2.28 bits per heavy atom. The highest BCUT2D eigenvalue weighted by atomic mass is 32.2. The van der Waals surface area contributed by atoms with E-state index in [9.17, 15) is 13.2 Å². The third-order valence-corrected chi connectivity index (χ3v) is 3.28.